The lowest BCUT2D eigenvalue weighted by Gasteiger charge is -2.25. The molecule has 2 heterocycles. The van der Waals surface area contributed by atoms with Crippen molar-refractivity contribution < 1.29 is 22.7 Å². The number of thioether (sulfide) groups is 1. The van der Waals surface area contributed by atoms with E-state index in [1.54, 1.807) is 43.0 Å². The maximum absolute atomic E-state index is 13.9. The molecule has 0 bridgehead atoms. The number of amides is 2. The molecule has 8 nitrogen and oxygen atoms in total. The molecule has 1 saturated heterocycles. The highest BCUT2D eigenvalue weighted by Crippen LogP contribution is 2.48. The van der Waals surface area contributed by atoms with Gasteiger partial charge in [-0.2, -0.15) is 0 Å². The second-order valence-corrected chi connectivity index (χ2v) is 12.7. The lowest BCUT2D eigenvalue weighted by atomic mass is 10.1. The zero-order chi connectivity index (χ0) is 27.2. The number of imidazole rings is 1. The SMILES string of the molecule is COc1ccc(S(=O)(=O)C2(CCCC#Cc3ccc(Cl)cc3)SC(=O)N(CCCn3ccnc3)C2=O)cc1. The number of nitrogens with zero attached hydrogens (tertiary/aromatic N) is 3. The second kappa shape index (κ2) is 12.1. The number of unbranched alkanes of at least 4 members (excludes halogenated alkanes) is 1. The van der Waals surface area contributed by atoms with Crippen LogP contribution in [0.15, 0.2) is 72.1 Å². The smallest absolute Gasteiger partial charge is 0.290 e. The Kier molecular flexibility index (Phi) is 8.82. The van der Waals surface area contributed by atoms with Crippen molar-refractivity contribution in [1.29, 1.82) is 0 Å². The number of benzene rings is 2. The Morgan fingerprint density at radius 1 is 1.05 bits per heavy atom. The van der Waals surface area contributed by atoms with Gasteiger partial charge in [0.2, 0.25) is 13.9 Å². The summed E-state index contributed by atoms with van der Waals surface area (Å²) in [5.41, 5.74) is 0.778. The molecule has 0 aliphatic carbocycles. The van der Waals surface area contributed by atoms with Gasteiger partial charge >= 0.3 is 0 Å². The lowest BCUT2D eigenvalue weighted by Crippen LogP contribution is -2.45. The standard InChI is InChI=1S/C27H26ClN3O5S2/c1-36-23-11-13-24(14-12-23)38(34,35)27(15-4-2-3-6-21-7-9-22(28)10-8-21)25(32)31(26(33)37-27)18-5-17-30-19-16-29-20-30/h7-14,16,19-20H,2,4-5,15,17-18H2,1H3. The minimum Gasteiger partial charge on any atom is -0.497 e. The monoisotopic (exact) mass is 571 g/mol. The summed E-state index contributed by atoms with van der Waals surface area (Å²) in [5.74, 6) is 5.81. The Hall–Kier alpha value is -3.26. The fourth-order valence-corrected chi connectivity index (χ4v) is 7.77. The van der Waals surface area contributed by atoms with Crippen LogP contribution in [-0.2, 0) is 21.2 Å². The molecule has 1 aromatic heterocycles. The third-order valence-electron chi connectivity index (χ3n) is 6.09. The van der Waals surface area contributed by atoms with Crippen molar-refractivity contribution in [2.45, 2.75) is 41.2 Å². The summed E-state index contributed by atoms with van der Waals surface area (Å²) in [6, 6.07) is 12.9. The highest BCUT2D eigenvalue weighted by molar-refractivity contribution is 8.25. The van der Waals surface area contributed by atoms with Crippen LogP contribution in [0.4, 0.5) is 4.79 Å². The van der Waals surface area contributed by atoms with Gasteiger partial charge in [0.1, 0.15) is 5.75 Å². The van der Waals surface area contributed by atoms with Crippen molar-refractivity contribution in [3.8, 4) is 17.6 Å². The number of halogens is 1. The van der Waals surface area contributed by atoms with Crippen molar-refractivity contribution in [2.75, 3.05) is 13.7 Å². The minimum absolute atomic E-state index is 0.0422. The van der Waals surface area contributed by atoms with E-state index in [0.29, 0.717) is 48.3 Å². The zero-order valence-electron chi connectivity index (χ0n) is 20.7. The van der Waals surface area contributed by atoms with Crippen molar-refractivity contribution in [3.63, 3.8) is 0 Å². The molecule has 0 radical (unpaired) electrons. The predicted molar refractivity (Wildman–Crippen MR) is 147 cm³/mol. The second-order valence-electron chi connectivity index (χ2n) is 8.57. The molecular formula is C27H26ClN3O5S2. The first-order valence-electron chi connectivity index (χ1n) is 11.9. The summed E-state index contributed by atoms with van der Waals surface area (Å²) in [6.45, 7) is 0.652. The number of rotatable bonds is 10. The van der Waals surface area contributed by atoms with Crippen LogP contribution < -0.4 is 4.74 Å². The summed E-state index contributed by atoms with van der Waals surface area (Å²) in [6.07, 6.45) is 6.15. The third kappa shape index (κ3) is 5.90. The Morgan fingerprint density at radius 3 is 2.45 bits per heavy atom. The largest absolute Gasteiger partial charge is 0.497 e. The van der Waals surface area contributed by atoms with Gasteiger partial charge in [0.15, 0.2) is 0 Å². The van der Waals surface area contributed by atoms with Crippen LogP contribution in [0.2, 0.25) is 5.02 Å². The maximum Gasteiger partial charge on any atom is 0.290 e. The summed E-state index contributed by atoms with van der Waals surface area (Å²) in [5, 5.41) is 0.0437. The molecule has 0 spiro atoms. The predicted octanol–water partition coefficient (Wildman–Crippen LogP) is 5.02. The van der Waals surface area contributed by atoms with Crippen LogP contribution in [0.3, 0.4) is 0 Å². The Bertz CT molecular complexity index is 1450. The molecular weight excluding hydrogens is 546 g/mol. The quantitative estimate of drug-likeness (QED) is 0.249. The Balaban J connectivity index is 1.55. The number of methoxy groups -OCH3 is 1. The molecule has 1 fully saturated rings. The topological polar surface area (TPSA) is 98.6 Å². The fraction of sp³-hybridized carbons (Fsp3) is 0.296. The zero-order valence-corrected chi connectivity index (χ0v) is 23.1. The molecule has 1 atom stereocenters. The van der Waals surface area contributed by atoms with E-state index in [1.165, 1.54) is 31.4 Å². The van der Waals surface area contributed by atoms with Crippen LogP contribution in [-0.4, -0.2) is 51.7 Å². The van der Waals surface area contributed by atoms with E-state index in [2.05, 4.69) is 16.8 Å². The van der Waals surface area contributed by atoms with Gasteiger partial charge in [0.25, 0.3) is 11.1 Å². The van der Waals surface area contributed by atoms with Gasteiger partial charge in [0.05, 0.1) is 18.3 Å². The minimum atomic E-state index is -4.24. The van der Waals surface area contributed by atoms with Crippen LogP contribution in [0.25, 0.3) is 0 Å². The van der Waals surface area contributed by atoms with E-state index in [9.17, 15) is 18.0 Å². The summed E-state index contributed by atoms with van der Waals surface area (Å²) >= 11 is 6.49. The molecule has 2 amide bonds. The van der Waals surface area contributed by atoms with Gasteiger partial charge in [-0.1, -0.05) is 23.4 Å². The van der Waals surface area contributed by atoms with Gasteiger partial charge in [-0.05, 0) is 79.6 Å². The van der Waals surface area contributed by atoms with Crippen molar-refractivity contribution in [2.24, 2.45) is 0 Å². The molecule has 1 unspecified atom stereocenters. The number of carbonyl (C=O) groups is 2. The Labute approximate surface area is 231 Å². The van der Waals surface area contributed by atoms with Crippen LogP contribution in [0, 0.1) is 11.8 Å². The van der Waals surface area contributed by atoms with E-state index in [4.69, 9.17) is 16.3 Å². The van der Waals surface area contributed by atoms with Crippen molar-refractivity contribution >= 4 is 44.3 Å². The normalized spacial score (nSPS) is 17.4. The first-order chi connectivity index (χ1) is 18.3. The van der Waals surface area contributed by atoms with Crippen LogP contribution in [0.5, 0.6) is 5.75 Å². The number of hydrogen-bond donors (Lipinski definition) is 0. The first-order valence-corrected chi connectivity index (χ1v) is 14.6. The van der Waals surface area contributed by atoms with E-state index in [-0.39, 0.29) is 17.9 Å². The third-order valence-corrected chi connectivity index (χ3v) is 10.5. The molecule has 38 heavy (non-hydrogen) atoms. The molecule has 0 N–H and O–H groups in total. The van der Waals surface area contributed by atoms with E-state index < -0.39 is 25.1 Å². The molecule has 11 heteroatoms. The fourth-order valence-electron chi connectivity index (χ4n) is 4.07. The van der Waals surface area contributed by atoms with Crippen LogP contribution in [0.1, 0.15) is 31.2 Å². The van der Waals surface area contributed by atoms with Gasteiger partial charge in [-0.3, -0.25) is 14.5 Å². The van der Waals surface area contributed by atoms with E-state index in [0.717, 1.165) is 10.5 Å². The summed E-state index contributed by atoms with van der Waals surface area (Å²) < 4.78 is 32.8. The van der Waals surface area contributed by atoms with E-state index in [1.807, 2.05) is 4.57 Å². The lowest BCUT2D eigenvalue weighted by molar-refractivity contribution is -0.127. The van der Waals surface area contributed by atoms with Gasteiger partial charge in [-0.25, -0.2) is 13.4 Å². The van der Waals surface area contributed by atoms with Gasteiger partial charge in [0, 0.05) is 42.5 Å². The molecule has 198 valence electrons. The molecule has 1 aliphatic heterocycles. The molecule has 1 aliphatic rings. The van der Waals surface area contributed by atoms with Crippen molar-refractivity contribution in [3.05, 3.63) is 77.8 Å². The number of aryl methyl sites for hydroxylation is 1. The summed E-state index contributed by atoms with van der Waals surface area (Å²) in [7, 11) is -2.76. The average Bonchev–Trinajstić information content (AvgIpc) is 3.52. The summed E-state index contributed by atoms with van der Waals surface area (Å²) in [4.78, 5) is 31.7. The number of hydrogen-bond acceptors (Lipinski definition) is 7. The number of aromatic nitrogens is 2. The maximum atomic E-state index is 13.9. The highest BCUT2D eigenvalue weighted by Gasteiger charge is 2.61. The molecule has 2 aromatic carbocycles. The first kappa shape index (κ1) is 27.8. The van der Waals surface area contributed by atoms with E-state index >= 15 is 0 Å². The molecule has 4 rings (SSSR count). The van der Waals surface area contributed by atoms with Gasteiger partial charge in [-0.15, -0.1) is 0 Å². The molecule has 3 aromatic rings. The van der Waals surface area contributed by atoms with Crippen LogP contribution >= 0.6 is 23.4 Å². The van der Waals surface area contributed by atoms with Crippen molar-refractivity contribution in [1.82, 2.24) is 14.5 Å². The number of ether oxygens (including phenoxy) is 1. The number of carbonyl (C=O) groups excluding carboxylic acids is 2. The Morgan fingerprint density at radius 2 is 1.79 bits per heavy atom. The van der Waals surface area contributed by atoms with Gasteiger partial charge < -0.3 is 9.30 Å². The highest BCUT2D eigenvalue weighted by atomic mass is 35.5. The average molecular weight is 572 g/mol. The number of imide groups is 1. The number of sulfone groups is 1. The molecule has 0 saturated carbocycles.